The molecule has 0 radical (unpaired) electrons. The molecule has 0 unspecified atom stereocenters. The predicted octanol–water partition coefficient (Wildman–Crippen LogP) is 3.54. The first kappa shape index (κ1) is 13.9. The minimum absolute atomic E-state index is 0.323. The van der Waals surface area contributed by atoms with Crippen molar-refractivity contribution >= 4 is 12.6 Å². The van der Waals surface area contributed by atoms with E-state index in [0.717, 1.165) is 11.3 Å². The average Bonchev–Trinajstić information content (AvgIpc) is 2.46. The van der Waals surface area contributed by atoms with Crippen LogP contribution in [-0.2, 0) is 0 Å². The first-order chi connectivity index (χ1) is 9.11. The van der Waals surface area contributed by atoms with Crippen LogP contribution in [0.1, 0.15) is 22.5 Å². The summed E-state index contributed by atoms with van der Waals surface area (Å²) in [6.07, 6.45) is -0.794. The number of benzene rings is 2. The molecule has 1 N–H and O–H groups in total. The molecule has 0 aromatic heterocycles. The van der Waals surface area contributed by atoms with Crippen molar-refractivity contribution in [2.45, 2.75) is 11.4 Å². The Morgan fingerprint density at radius 3 is 2.05 bits per heavy atom. The van der Waals surface area contributed by atoms with Crippen LogP contribution in [0.4, 0.5) is 4.39 Å². The molecule has 100 valence electrons. The third-order valence-electron chi connectivity index (χ3n) is 2.97. The van der Waals surface area contributed by atoms with Crippen molar-refractivity contribution in [1.82, 2.24) is 0 Å². The van der Waals surface area contributed by atoms with Gasteiger partial charge in [-0.05, 0) is 35.4 Å². The molecule has 0 aliphatic carbocycles. The fraction of sp³-hybridized carbons (Fsp3) is 0.200. The molecule has 2 aromatic rings. The highest BCUT2D eigenvalue weighted by atomic mass is 32.1. The Morgan fingerprint density at radius 2 is 1.53 bits per heavy atom. The lowest BCUT2D eigenvalue weighted by Gasteiger charge is -2.19. The maximum atomic E-state index is 12.8. The molecule has 19 heavy (non-hydrogen) atoms. The second-order valence-electron chi connectivity index (χ2n) is 4.21. The van der Waals surface area contributed by atoms with Crippen molar-refractivity contribution in [2.24, 2.45) is 0 Å². The van der Waals surface area contributed by atoms with Crippen molar-refractivity contribution < 1.29 is 14.2 Å². The zero-order valence-electron chi connectivity index (χ0n) is 10.5. The molecule has 0 spiro atoms. The van der Waals surface area contributed by atoms with Gasteiger partial charge in [-0.2, -0.15) is 12.6 Å². The maximum absolute atomic E-state index is 12.8. The van der Waals surface area contributed by atoms with E-state index >= 15 is 0 Å². The van der Waals surface area contributed by atoms with Crippen LogP contribution in [0, 0.1) is 5.82 Å². The van der Waals surface area contributed by atoms with Crippen LogP contribution >= 0.6 is 12.6 Å². The molecule has 0 bridgehead atoms. The van der Waals surface area contributed by atoms with E-state index in [1.54, 1.807) is 19.2 Å². The third kappa shape index (κ3) is 3.28. The summed E-state index contributed by atoms with van der Waals surface area (Å²) in [6.45, 7) is 0. The maximum Gasteiger partial charge on any atom is 0.123 e. The van der Waals surface area contributed by atoms with Gasteiger partial charge in [0, 0.05) is 0 Å². The van der Waals surface area contributed by atoms with Gasteiger partial charge in [-0.1, -0.05) is 24.3 Å². The Hall–Kier alpha value is -1.52. The van der Waals surface area contributed by atoms with E-state index in [0.29, 0.717) is 5.56 Å². The third-order valence-corrected chi connectivity index (χ3v) is 3.55. The van der Waals surface area contributed by atoms with Gasteiger partial charge < -0.3 is 9.84 Å². The van der Waals surface area contributed by atoms with Gasteiger partial charge in [0.25, 0.3) is 0 Å². The summed E-state index contributed by atoms with van der Waals surface area (Å²) in [5.74, 6) is 0.427. The van der Waals surface area contributed by atoms with Crippen LogP contribution in [0.25, 0.3) is 0 Å². The van der Waals surface area contributed by atoms with E-state index in [9.17, 15) is 9.50 Å². The van der Waals surface area contributed by atoms with Gasteiger partial charge >= 0.3 is 0 Å². The Morgan fingerprint density at radius 1 is 1.00 bits per heavy atom. The van der Waals surface area contributed by atoms with Crippen LogP contribution in [0.5, 0.6) is 5.75 Å². The SMILES string of the molecule is COc1ccc([C@H](S)[C@@H](O)c2ccc(F)cc2)cc1. The predicted molar refractivity (Wildman–Crippen MR) is 76.1 cm³/mol. The fourth-order valence-corrected chi connectivity index (χ4v) is 2.17. The number of halogens is 1. The van der Waals surface area contributed by atoms with Gasteiger partial charge in [0.15, 0.2) is 0 Å². The van der Waals surface area contributed by atoms with Crippen LogP contribution in [0.3, 0.4) is 0 Å². The molecule has 0 aliphatic heterocycles. The number of hydrogen-bond donors (Lipinski definition) is 2. The molecular weight excluding hydrogens is 263 g/mol. The lowest BCUT2D eigenvalue weighted by atomic mass is 10.0. The lowest BCUT2D eigenvalue weighted by molar-refractivity contribution is 0.175. The number of thiol groups is 1. The zero-order chi connectivity index (χ0) is 13.8. The van der Waals surface area contributed by atoms with Crippen LogP contribution < -0.4 is 4.74 Å². The molecule has 0 fully saturated rings. The molecule has 2 atom stereocenters. The van der Waals surface area contributed by atoms with Gasteiger partial charge in [-0.25, -0.2) is 4.39 Å². The molecule has 2 rings (SSSR count). The summed E-state index contributed by atoms with van der Waals surface area (Å²) in [4.78, 5) is 0. The molecule has 0 amide bonds. The Balaban J connectivity index is 2.17. The van der Waals surface area contributed by atoms with E-state index in [-0.39, 0.29) is 11.1 Å². The number of ether oxygens (including phenoxy) is 1. The van der Waals surface area contributed by atoms with Gasteiger partial charge in [0.05, 0.1) is 18.5 Å². The summed E-state index contributed by atoms with van der Waals surface area (Å²) >= 11 is 4.43. The first-order valence-electron chi connectivity index (χ1n) is 5.87. The minimum Gasteiger partial charge on any atom is -0.497 e. The smallest absolute Gasteiger partial charge is 0.123 e. The highest BCUT2D eigenvalue weighted by molar-refractivity contribution is 7.80. The Bertz CT molecular complexity index is 525. The summed E-state index contributed by atoms with van der Waals surface area (Å²) < 4.78 is 17.9. The highest BCUT2D eigenvalue weighted by Crippen LogP contribution is 2.34. The topological polar surface area (TPSA) is 29.5 Å². The number of methoxy groups -OCH3 is 1. The zero-order valence-corrected chi connectivity index (χ0v) is 11.3. The van der Waals surface area contributed by atoms with E-state index in [1.807, 2.05) is 24.3 Å². The normalized spacial score (nSPS) is 13.9. The van der Waals surface area contributed by atoms with Gasteiger partial charge in [0.2, 0.25) is 0 Å². The van der Waals surface area contributed by atoms with E-state index < -0.39 is 6.10 Å². The second kappa shape index (κ2) is 6.08. The molecule has 2 aromatic carbocycles. The van der Waals surface area contributed by atoms with Gasteiger partial charge in [-0.15, -0.1) is 0 Å². The van der Waals surface area contributed by atoms with Gasteiger partial charge in [-0.3, -0.25) is 0 Å². The van der Waals surface area contributed by atoms with Crippen molar-refractivity contribution in [3.8, 4) is 5.75 Å². The molecular formula is C15H15FO2S. The molecule has 0 heterocycles. The Kier molecular flexibility index (Phi) is 4.45. The van der Waals surface area contributed by atoms with Crippen molar-refractivity contribution in [1.29, 1.82) is 0 Å². The lowest BCUT2D eigenvalue weighted by Crippen LogP contribution is -2.05. The number of hydrogen-bond acceptors (Lipinski definition) is 3. The van der Waals surface area contributed by atoms with Crippen molar-refractivity contribution in [3.05, 3.63) is 65.5 Å². The molecule has 0 aliphatic rings. The summed E-state index contributed by atoms with van der Waals surface area (Å²) in [5, 5.41) is 9.85. The number of rotatable bonds is 4. The highest BCUT2D eigenvalue weighted by Gasteiger charge is 2.19. The number of aliphatic hydroxyl groups excluding tert-OH is 1. The largest absolute Gasteiger partial charge is 0.497 e. The molecule has 2 nitrogen and oxygen atoms in total. The summed E-state index contributed by atoms with van der Waals surface area (Å²) in [5.41, 5.74) is 1.51. The van der Waals surface area contributed by atoms with Crippen molar-refractivity contribution in [2.75, 3.05) is 7.11 Å². The molecule has 0 saturated carbocycles. The van der Waals surface area contributed by atoms with Crippen LogP contribution in [0.2, 0.25) is 0 Å². The van der Waals surface area contributed by atoms with Crippen LogP contribution in [-0.4, -0.2) is 12.2 Å². The number of aliphatic hydroxyl groups is 1. The van der Waals surface area contributed by atoms with Crippen LogP contribution in [0.15, 0.2) is 48.5 Å². The average molecular weight is 278 g/mol. The van der Waals surface area contributed by atoms with E-state index in [1.165, 1.54) is 12.1 Å². The van der Waals surface area contributed by atoms with Gasteiger partial charge in [0.1, 0.15) is 11.6 Å². The second-order valence-corrected chi connectivity index (χ2v) is 4.77. The van der Waals surface area contributed by atoms with Crippen molar-refractivity contribution in [3.63, 3.8) is 0 Å². The molecule has 4 heteroatoms. The molecule has 0 saturated heterocycles. The van der Waals surface area contributed by atoms with E-state index in [2.05, 4.69) is 12.6 Å². The summed E-state index contributed by atoms with van der Waals surface area (Å²) in [6, 6.07) is 13.1. The first-order valence-corrected chi connectivity index (χ1v) is 6.39. The summed E-state index contributed by atoms with van der Waals surface area (Å²) in [7, 11) is 1.60. The fourth-order valence-electron chi connectivity index (χ4n) is 1.83. The standard InChI is InChI=1S/C15H15FO2S/c1-18-13-8-4-11(5-9-13)15(19)14(17)10-2-6-12(16)7-3-10/h2-9,14-15,17,19H,1H3/t14-,15-/m0/s1. The minimum atomic E-state index is -0.794. The van der Waals surface area contributed by atoms with E-state index in [4.69, 9.17) is 4.74 Å². The quantitative estimate of drug-likeness (QED) is 0.838. The monoisotopic (exact) mass is 278 g/mol. The Labute approximate surface area is 117 Å².